The van der Waals surface area contributed by atoms with Gasteiger partial charge in [0.1, 0.15) is 5.75 Å². The summed E-state index contributed by atoms with van der Waals surface area (Å²) < 4.78 is 5.75. The molecular weight excluding hydrogens is 314 g/mol. The van der Waals surface area contributed by atoms with Crippen molar-refractivity contribution >= 4 is 5.91 Å². The lowest BCUT2D eigenvalue weighted by Crippen LogP contribution is -2.49. The van der Waals surface area contributed by atoms with Crippen molar-refractivity contribution in [2.24, 2.45) is 0 Å². The number of amides is 1. The molecule has 2 aliphatic rings. The van der Waals surface area contributed by atoms with E-state index in [1.165, 1.54) is 22.4 Å². The minimum absolute atomic E-state index is 0.0696. The van der Waals surface area contributed by atoms with E-state index in [2.05, 4.69) is 24.0 Å². The third-order valence-electron chi connectivity index (χ3n) is 5.89. The lowest BCUT2D eigenvalue weighted by Gasteiger charge is -2.40. The maximum atomic E-state index is 12.7. The second kappa shape index (κ2) is 6.21. The highest BCUT2D eigenvalue weighted by atomic mass is 16.5. The van der Waals surface area contributed by atoms with Gasteiger partial charge in [-0.15, -0.1) is 0 Å². The standard InChI is InChI=1S/C20H25N3O2/c1-14-4-5-17(10-15(14)2)25-12-18(24)23-9-3-7-20(13-23)8-6-16-11-21-22-19(16)20/h4-5,10-11H,3,6-9,12-13H2,1-2H3,(H,21,22). The quantitative estimate of drug-likeness (QED) is 0.935. The molecule has 1 saturated heterocycles. The van der Waals surface area contributed by atoms with Gasteiger partial charge < -0.3 is 9.64 Å². The monoisotopic (exact) mass is 339 g/mol. The van der Waals surface area contributed by atoms with Crippen LogP contribution in [0.2, 0.25) is 0 Å². The molecule has 1 unspecified atom stereocenters. The van der Waals surface area contributed by atoms with E-state index in [0.29, 0.717) is 0 Å². The number of aryl methyl sites for hydroxylation is 3. The average Bonchev–Trinajstić information content (AvgIpc) is 3.21. The van der Waals surface area contributed by atoms with Crippen LogP contribution in [0.1, 0.15) is 41.6 Å². The fourth-order valence-corrected chi connectivity index (χ4v) is 4.25. The van der Waals surface area contributed by atoms with Gasteiger partial charge in [0.2, 0.25) is 0 Å². The van der Waals surface area contributed by atoms with Gasteiger partial charge in [-0.3, -0.25) is 9.89 Å². The predicted octanol–water partition coefficient (Wildman–Crippen LogP) is 2.91. The van der Waals surface area contributed by atoms with Crippen molar-refractivity contribution in [2.45, 2.75) is 44.9 Å². The molecule has 1 spiro atoms. The molecule has 4 rings (SSSR count). The number of likely N-dealkylation sites (tertiary alicyclic amines) is 1. The van der Waals surface area contributed by atoms with Crippen LogP contribution in [0.15, 0.2) is 24.4 Å². The fraction of sp³-hybridized carbons (Fsp3) is 0.500. The average molecular weight is 339 g/mol. The molecule has 0 bridgehead atoms. The number of aromatic nitrogens is 2. The van der Waals surface area contributed by atoms with Crippen LogP contribution < -0.4 is 4.74 Å². The number of carbonyl (C=O) groups is 1. The highest BCUT2D eigenvalue weighted by Gasteiger charge is 2.44. The van der Waals surface area contributed by atoms with Gasteiger partial charge >= 0.3 is 0 Å². The Hall–Kier alpha value is -2.30. The summed E-state index contributed by atoms with van der Waals surface area (Å²) in [5, 5.41) is 7.39. The van der Waals surface area contributed by atoms with Gasteiger partial charge in [0.15, 0.2) is 6.61 Å². The number of ether oxygens (including phenoxy) is 1. The van der Waals surface area contributed by atoms with Crippen LogP contribution >= 0.6 is 0 Å². The van der Waals surface area contributed by atoms with Gasteiger partial charge in [0, 0.05) is 24.2 Å². The van der Waals surface area contributed by atoms with Crippen LogP contribution in [0.4, 0.5) is 0 Å². The summed E-state index contributed by atoms with van der Waals surface area (Å²) in [4.78, 5) is 14.7. The van der Waals surface area contributed by atoms with Crippen molar-refractivity contribution in [3.63, 3.8) is 0 Å². The summed E-state index contributed by atoms with van der Waals surface area (Å²) in [6, 6.07) is 5.96. The Bertz CT molecular complexity index is 798. The molecule has 1 fully saturated rings. The Balaban J connectivity index is 1.41. The Morgan fingerprint density at radius 3 is 3.04 bits per heavy atom. The number of hydrogen-bond donors (Lipinski definition) is 1. The van der Waals surface area contributed by atoms with E-state index < -0.39 is 0 Å². The first-order valence-corrected chi connectivity index (χ1v) is 9.08. The van der Waals surface area contributed by atoms with Gasteiger partial charge in [-0.1, -0.05) is 6.07 Å². The minimum Gasteiger partial charge on any atom is -0.484 e. The number of H-pyrrole nitrogens is 1. The summed E-state index contributed by atoms with van der Waals surface area (Å²) in [6.07, 6.45) is 6.27. The molecule has 1 aliphatic heterocycles. The number of benzene rings is 1. The van der Waals surface area contributed by atoms with Gasteiger partial charge in [-0.25, -0.2) is 0 Å². The molecule has 0 saturated carbocycles. The molecule has 1 atom stereocenters. The number of hydrogen-bond acceptors (Lipinski definition) is 3. The normalized spacial score (nSPS) is 22.2. The van der Waals surface area contributed by atoms with Gasteiger partial charge in [-0.2, -0.15) is 5.10 Å². The molecule has 25 heavy (non-hydrogen) atoms. The molecule has 5 nitrogen and oxygen atoms in total. The summed E-state index contributed by atoms with van der Waals surface area (Å²) >= 11 is 0. The first kappa shape index (κ1) is 16.2. The fourth-order valence-electron chi connectivity index (χ4n) is 4.25. The third-order valence-corrected chi connectivity index (χ3v) is 5.89. The Morgan fingerprint density at radius 2 is 2.20 bits per heavy atom. The molecule has 2 aromatic rings. The molecular formula is C20H25N3O2. The number of nitrogens with one attached hydrogen (secondary N) is 1. The number of carbonyl (C=O) groups excluding carboxylic acids is 1. The lowest BCUT2D eigenvalue weighted by molar-refractivity contribution is -0.135. The smallest absolute Gasteiger partial charge is 0.260 e. The van der Waals surface area contributed by atoms with E-state index in [-0.39, 0.29) is 17.9 Å². The third kappa shape index (κ3) is 2.92. The second-order valence-electron chi connectivity index (χ2n) is 7.50. The van der Waals surface area contributed by atoms with E-state index >= 15 is 0 Å². The van der Waals surface area contributed by atoms with Crippen molar-refractivity contribution in [1.29, 1.82) is 0 Å². The molecule has 2 heterocycles. The summed E-state index contributed by atoms with van der Waals surface area (Å²) in [5.74, 6) is 0.838. The zero-order valence-electron chi connectivity index (χ0n) is 15.0. The second-order valence-corrected chi connectivity index (χ2v) is 7.50. The highest BCUT2D eigenvalue weighted by molar-refractivity contribution is 5.78. The summed E-state index contributed by atoms with van der Waals surface area (Å²) in [5.41, 5.74) is 5.05. The maximum absolute atomic E-state index is 12.7. The van der Waals surface area contributed by atoms with Gasteiger partial charge in [-0.05, 0) is 68.4 Å². The highest BCUT2D eigenvalue weighted by Crippen LogP contribution is 2.43. The Morgan fingerprint density at radius 1 is 1.32 bits per heavy atom. The van der Waals surface area contributed by atoms with Crippen molar-refractivity contribution in [3.05, 3.63) is 46.8 Å². The SMILES string of the molecule is Cc1ccc(OCC(=O)N2CCCC3(CCc4cn[nH]c43)C2)cc1C. The predicted molar refractivity (Wildman–Crippen MR) is 95.8 cm³/mol. The minimum atomic E-state index is 0.0696. The maximum Gasteiger partial charge on any atom is 0.260 e. The molecule has 1 amide bonds. The van der Waals surface area contributed by atoms with E-state index in [0.717, 1.165) is 44.5 Å². The van der Waals surface area contributed by atoms with Gasteiger partial charge in [0.05, 0.1) is 6.20 Å². The molecule has 132 valence electrons. The summed E-state index contributed by atoms with van der Waals surface area (Å²) in [6.45, 7) is 5.83. The van der Waals surface area contributed by atoms with E-state index in [1.54, 1.807) is 0 Å². The van der Waals surface area contributed by atoms with Gasteiger partial charge in [0.25, 0.3) is 5.91 Å². The van der Waals surface area contributed by atoms with Crippen molar-refractivity contribution in [2.75, 3.05) is 19.7 Å². The lowest BCUT2D eigenvalue weighted by atomic mass is 9.77. The number of piperidine rings is 1. The van der Waals surface area contributed by atoms with Crippen molar-refractivity contribution < 1.29 is 9.53 Å². The first-order chi connectivity index (χ1) is 12.1. The molecule has 1 aromatic heterocycles. The number of fused-ring (bicyclic) bond motifs is 2. The van der Waals surface area contributed by atoms with Crippen LogP contribution in [0.5, 0.6) is 5.75 Å². The zero-order chi connectivity index (χ0) is 17.4. The van der Waals surface area contributed by atoms with Crippen LogP contribution in [-0.4, -0.2) is 40.7 Å². The van der Waals surface area contributed by atoms with Crippen LogP contribution in [0, 0.1) is 13.8 Å². The van der Waals surface area contributed by atoms with Crippen LogP contribution in [-0.2, 0) is 16.6 Å². The Labute approximate surface area is 148 Å². The van der Waals surface area contributed by atoms with Crippen molar-refractivity contribution in [1.82, 2.24) is 15.1 Å². The van der Waals surface area contributed by atoms with E-state index in [1.807, 2.05) is 29.3 Å². The van der Waals surface area contributed by atoms with Crippen LogP contribution in [0.3, 0.4) is 0 Å². The number of rotatable bonds is 3. The van der Waals surface area contributed by atoms with E-state index in [9.17, 15) is 4.79 Å². The molecule has 5 heteroatoms. The number of aromatic amines is 1. The first-order valence-electron chi connectivity index (χ1n) is 9.08. The van der Waals surface area contributed by atoms with Crippen molar-refractivity contribution in [3.8, 4) is 5.75 Å². The largest absolute Gasteiger partial charge is 0.484 e. The Kier molecular flexibility index (Phi) is 4.02. The zero-order valence-corrected chi connectivity index (χ0v) is 15.0. The molecule has 0 radical (unpaired) electrons. The summed E-state index contributed by atoms with van der Waals surface area (Å²) in [7, 11) is 0. The topological polar surface area (TPSA) is 58.2 Å². The number of nitrogens with zero attached hydrogens (tertiary/aromatic N) is 2. The van der Waals surface area contributed by atoms with E-state index in [4.69, 9.17) is 4.74 Å². The van der Waals surface area contributed by atoms with Crippen LogP contribution in [0.25, 0.3) is 0 Å². The molecule has 1 N–H and O–H groups in total. The molecule has 1 aliphatic carbocycles. The molecule has 1 aromatic carbocycles.